The Hall–Kier alpha value is -3.18. The lowest BCUT2D eigenvalue weighted by atomic mass is 10.2. The molecule has 1 N–H and O–H groups in total. The number of benzene rings is 2. The van der Waals surface area contributed by atoms with Crippen molar-refractivity contribution >= 4 is 34.3 Å². The van der Waals surface area contributed by atoms with Gasteiger partial charge in [0.15, 0.2) is 5.58 Å². The number of hydrogen-bond donors (Lipinski definition) is 1. The van der Waals surface area contributed by atoms with Crippen LogP contribution in [0.25, 0.3) is 22.6 Å². The van der Waals surface area contributed by atoms with E-state index >= 15 is 0 Å². The number of halogens is 1. The van der Waals surface area contributed by atoms with Crippen molar-refractivity contribution in [3.05, 3.63) is 77.6 Å². The molecule has 0 spiro atoms. The van der Waals surface area contributed by atoms with Gasteiger partial charge in [-0.25, -0.2) is 4.98 Å². The van der Waals surface area contributed by atoms with Gasteiger partial charge >= 0.3 is 0 Å². The van der Waals surface area contributed by atoms with Crippen molar-refractivity contribution in [3.8, 4) is 11.5 Å². The second-order valence-electron chi connectivity index (χ2n) is 5.37. The first-order chi connectivity index (χ1) is 12.2. The van der Waals surface area contributed by atoms with E-state index in [9.17, 15) is 4.79 Å². The second-order valence-corrected chi connectivity index (χ2v) is 5.78. The van der Waals surface area contributed by atoms with Gasteiger partial charge < -0.3 is 9.73 Å². The van der Waals surface area contributed by atoms with Gasteiger partial charge in [0.05, 0.1) is 10.6 Å². The Kier molecular flexibility index (Phi) is 3.91. The Morgan fingerprint density at radius 1 is 1.04 bits per heavy atom. The molecule has 4 aromatic rings. The van der Waals surface area contributed by atoms with E-state index in [0.717, 1.165) is 5.56 Å². The van der Waals surface area contributed by atoms with E-state index < -0.39 is 0 Å². The molecule has 5 nitrogen and oxygen atoms in total. The SMILES string of the molecule is O=C(Nc1ccc2oc(-c3ccccc3Cl)nc2c1)c1ccncc1. The van der Waals surface area contributed by atoms with Crippen LogP contribution < -0.4 is 5.32 Å². The number of hydrogen-bond acceptors (Lipinski definition) is 4. The van der Waals surface area contributed by atoms with Crippen molar-refractivity contribution in [1.82, 2.24) is 9.97 Å². The highest BCUT2D eigenvalue weighted by Crippen LogP contribution is 2.30. The van der Waals surface area contributed by atoms with Crippen LogP contribution in [0.2, 0.25) is 5.02 Å². The largest absolute Gasteiger partial charge is 0.436 e. The molecular weight excluding hydrogens is 338 g/mol. The molecule has 2 aromatic carbocycles. The molecule has 0 aliphatic heterocycles. The molecule has 4 rings (SSSR count). The molecule has 122 valence electrons. The number of anilines is 1. The van der Waals surface area contributed by atoms with E-state index in [-0.39, 0.29) is 5.91 Å². The van der Waals surface area contributed by atoms with Crippen LogP contribution in [0.5, 0.6) is 0 Å². The number of nitrogens with one attached hydrogen (secondary N) is 1. The van der Waals surface area contributed by atoms with Crippen molar-refractivity contribution < 1.29 is 9.21 Å². The second kappa shape index (κ2) is 6.37. The quantitative estimate of drug-likeness (QED) is 0.577. The van der Waals surface area contributed by atoms with Gasteiger partial charge in [-0.3, -0.25) is 9.78 Å². The Morgan fingerprint density at radius 2 is 1.84 bits per heavy atom. The molecule has 0 saturated heterocycles. The van der Waals surface area contributed by atoms with Gasteiger partial charge in [0.1, 0.15) is 5.52 Å². The van der Waals surface area contributed by atoms with Gasteiger partial charge in [-0.1, -0.05) is 23.7 Å². The first kappa shape index (κ1) is 15.4. The molecule has 0 fully saturated rings. The van der Waals surface area contributed by atoms with Gasteiger partial charge in [-0.05, 0) is 42.5 Å². The van der Waals surface area contributed by atoms with Crippen molar-refractivity contribution in [1.29, 1.82) is 0 Å². The summed E-state index contributed by atoms with van der Waals surface area (Å²) in [6, 6.07) is 16.0. The predicted octanol–water partition coefficient (Wildman–Crippen LogP) is 4.80. The molecule has 2 heterocycles. The van der Waals surface area contributed by atoms with Crippen LogP contribution in [-0.4, -0.2) is 15.9 Å². The molecule has 0 bridgehead atoms. The van der Waals surface area contributed by atoms with Crippen molar-refractivity contribution in [2.45, 2.75) is 0 Å². The molecule has 6 heteroatoms. The molecule has 25 heavy (non-hydrogen) atoms. The predicted molar refractivity (Wildman–Crippen MR) is 96.6 cm³/mol. The molecular formula is C19H12ClN3O2. The number of pyridine rings is 1. The third kappa shape index (κ3) is 3.09. The number of rotatable bonds is 3. The number of amides is 1. The fraction of sp³-hybridized carbons (Fsp3) is 0. The third-order valence-corrected chi connectivity index (χ3v) is 4.02. The van der Waals surface area contributed by atoms with E-state index in [1.54, 1.807) is 48.8 Å². The average Bonchev–Trinajstić information content (AvgIpc) is 3.06. The standard InChI is InChI=1S/C19H12ClN3O2/c20-15-4-2-1-3-14(15)19-23-16-11-13(5-6-17(16)25-19)22-18(24)12-7-9-21-10-8-12/h1-11H,(H,22,24). The summed E-state index contributed by atoms with van der Waals surface area (Å²) in [5, 5.41) is 3.41. The fourth-order valence-electron chi connectivity index (χ4n) is 2.46. The van der Waals surface area contributed by atoms with E-state index in [1.165, 1.54) is 0 Å². The molecule has 0 unspecified atom stereocenters. The Balaban J connectivity index is 1.65. The number of oxazole rings is 1. The number of fused-ring (bicyclic) bond motifs is 1. The Morgan fingerprint density at radius 3 is 2.64 bits per heavy atom. The summed E-state index contributed by atoms with van der Waals surface area (Å²) in [7, 11) is 0. The zero-order valence-electron chi connectivity index (χ0n) is 12.9. The molecule has 0 aliphatic rings. The van der Waals surface area contributed by atoms with E-state index in [4.69, 9.17) is 16.0 Å². The summed E-state index contributed by atoms with van der Waals surface area (Å²) in [6.45, 7) is 0. The highest BCUT2D eigenvalue weighted by molar-refractivity contribution is 6.33. The lowest BCUT2D eigenvalue weighted by Crippen LogP contribution is -2.11. The van der Waals surface area contributed by atoms with Crippen LogP contribution in [0.1, 0.15) is 10.4 Å². The molecule has 1 amide bonds. The summed E-state index contributed by atoms with van der Waals surface area (Å²) >= 11 is 6.19. The average molecular weight is 350 g/mol. The summed E-state index contributed by atoms with van der Waals surface area (Å²) in [5.74, 6) is 0.231. The third-order valence-electron chi connectivity index (χ3n) is 3.69. The van der Waals surface area contributed by atoms with Crippen LogP contribution in [0.3, 0.4) is 0 Å². The van der Waals surface area contributed by atoms with Crippen LogP contribution in [-0.2, 0) is 0 Å². The van der Waals surface area contributed by atoms with E-state index in [0.29, 0.717) is 33.3 Å². The van der Waals surface area contributed by atoms with Gasteiger partial charge in [-0.2, -0.15) is 0 Å². The maximum Gasteiger partial charge on any atom is 0.255 e. The molecule has 0 atom stereocenters. The number of carbonyl (C=O) groups is 1. The van der Waals surface area contributed by atoms with Crippen LogP contribution >= 0.6 is 11.6 Å². The summed E-state index contributed by atoms with van der Waals surface area (Å²) < 4.78 is 5.76. The minimum atomic E-state index is -0.212. The van der Waals surface area contributed by atoms with Gasteiger partial charge in [0.25, 0.3) is 5.91 Å². The van der Waals surface area contributed by atoms with Crippen molar-refractivity contribution in [2.24, 2.45) is 0 Å². The molecule has 0 aliphatic carbocycles. The van der Waals surface area contributed by atoms with Gasteiger partial charge in [-0.15, -0.1) is 0 Å². The Labute approximate surface area is 148 Å². The fourth-order valence-corrected chi connectivity index (χ4v) is 2.68. The number of aromatic nitrogens is 2. The summed E-state index contributed by atoms with van der Waals surface area (Å²) in [5.41, 5.74) is 3.15. The zero-order chi connectivity index (χ0) is 17.2. The van der Waals surface area contributed by atoms with Crippen LogP contribution in [0.4, 0.5) is 5.69 Å². The van der Waals surface area contributed by atoms with Crippen LogP contribution in [0.15, 0.2) is 71.4 Å². The normalized spacial score (nSPS) is 10.8. The first-order valence-electron chi connectivity index (χ1n) is 7.57. The maximum atomic E-state index is 12.2. The molecule has 0 radical (unpaired) electrons. The first-order valence-corrected chi connectivity index (χ1v) is 7.95. The highest BCUT2D eigenvalue weighted by atomic mass is 35.5. The summed E-state index contributed by atoms with van der Waals surface area (Å²) in [6.07, 6.45) is 3.15. The highest BCUT2D eigenvalue weighted by Gasteiger charge is 2.12. The molecule has 2 aromatic heterocycles. The molecule has 0 saturated carbocycles. The van der Waals surface area contributed by atoms with E-state index in [2.05, 4.69) is 15.3 Å². The Bertz CT molecular complexity index is 1060. The topological polar surface area (TPSA) is 68.0 Å². The van der Waals surface area contributed by atoms with Gasteiger partial charge in [0, 0.05) is 23.6 Å². The smallest absolute Gasteiger partial charge is 0.255 e. The van der Waals surface area contributed by atoms with E-state index in [1.807, 2.05) is 18.2 Å². The lowest BCUT2D eigenvalue weighted by molar-refractivity contribution is 0.102. The minimum absolute atomic E-state index is 0.212. The van der Waals surface area contributed by atoms with Crippen molar-refractivity contribution in [3.63, 3.8) is 0 Å². The monoisotopic (exact) mass is 349 g/mol. The zero-order valence-corrected chi connectivity index (χ0v) is 13.7. The lowest BCUT2D eigenvalue weighted by Gasteiger charge is -2.04. The van der Waals surface area contributed by atoms with Crippen LogP contribution in [0, 0.1) is 0 Å². The maximum absolute atomic E-state index is 12.2. The minimum Gasteiger partial charge on any atom is -0.436 e. The van der Waals surface area contributed by atoms with Crippen molar-refractivity contribution in [2.75, 3.05) is 5.32 Å². The summed E-state index contributed by atoms with van der Waals surface area (Å²) in [4.78, 5) is 20.6. The van der Waals surface area contributed by atoms with Gasteiger partial charge in [0.2, 0.25) is 5.89 Å². The number of nitrogens with zero attached hydrogens (tertiary/aromatic N) is 2. The number of carbonyl (C=O) groups excluding carboxylic acids is 1.